The number of likely N-dealkylation sites (tertiary alicyclic amines) is 2. The third-order valence-corrected chi connectivity index (χ3v) is 8.72. The Hall–Kier alpha value is -3.97. The van der Waals surface area contributed by atoms with Crippen molar-refractivity contribution >= 4 is 29.5 Å². The van der Waals surface area contributed by atoms with Crippen LogP contribution in [0.2, 0.25) is 0 Å². The van der Waals surface area contributed by atoms with Crippen molar-refractivity contribution in [3.8, 4) is 11.3 Å². The number of anilines is 1. The summed E-state index contributed by atoms with van der Waals surface area (Å²) in [4.78, 5) is 56.1. The van der Waals surface area contributed by atoms with Gasteiger partial charge < -0.3 is 24.6 Å². The van der Waals surface area contributed by atoms with Crippen LogP contribution in [-0.2, 0) is 14.3 Å². The Kier molecular flexibility index (Phi) is 8.34. The lowest BCUT2D eigenvalue weighted by atomic mass is 9.89. The minimum atomic E-state index is -0.582. The summed E-state index contributed by atoms with van der Waals surface area (Å²) in [5.41, 5.74) is 5.74. The van der Waals surface area contributed by atoms with Crippen molar-refractivity contribution in [2.45, 2.75) is 58.0 Å². The van der Waals surface area contributed by atoms with Crippen LogP contribution in [0.5, 0.6) is 0 Å². The number of nitrogens with one attached hydrogen (secondary N) is 3. The fourth-order valence-corrected chi connectivity index (χ4v) is 6.59. The topological polar surface area (TPSA) is 149 Å². The van der Waals surface area contributed by atoms with Gasteiger partial charge in [0.1, 0.15) is 11.3 Å². The molecule has 3 aliphatic heterocycles. The van der Waals surface area contributed by atoms with E-state index in [2.05, 4.69) is 20.9 Å². The van der Waals surface area contributed by atoms with Gasteiger partial charge in [-0.3, -0.25) is 20.1 Å². The molecule has 3 fully saturated rings. The van der Waals surface area contributed by atoms with E-state index >= 15 is 0 Å². The normalized spacial score (nSPS) is 21.1. The van der Waals surface area contributed by atoms with Gasteiger partial charge >= 0.3 is 12.1 Å². The SMILES string of the molecule is CC(C)(C)OC(=O)N1CCCC(C(=O)N2CCC(c3[nH]nc4c3C(=O)c3c(NC(=O)NN5CCOCC5)cccc3-4)CC2)C1. The summed E-state index contributed by atoms with van der Waals surface area (Å²) < 4.78 is 10.9. The summed E-state index contributed by atoms with van der Waals surface area (Å²) in [5, 5.41) is 12.3. The number of aromatic nitrogens is 2. The minimum absolute atomic E-state index is 0.0409. The average molecular weight is 608 g/mol. The first-order chi connectivity index (χ1) is 21.1. The van der Waals surface area contributed by atoms with E-state index in [0.29, 0.717) is 93.4 Å². The molecule has 0 spiro atoms. The largest absolute Gasteiger partial charge is 0.444 e. The molecule has 1 unspecified atom stereocenters. The molecule has 3 N–H and O–H groups in total. The molecule has 3 saturated heterocycles. The monoisotopic (exact) mass is 607 g/mol. The average Bonchev–Trinajstić information content (AvgIpc) is 3.56. The van der Waals surface area contributed by atoms with E-state index in [0.717, 1.165) is 18.5 Å². The number of carbonyl (C=O) groups is 4. The molecule has 1 atom stereocenters. The molecule has 44 heavy (non-hydrogen) atoms. The fourth-order valence-electron chi connectivity index (χ4n) is 6.59. The lowest BCUT2D eigenvalue weighted by molar-refractivity contribution is -0.138. The molecule has 4 aliphatic rings. The van der Waals surface area contributed by atoms with Gasteiger partial charge in [-0.25, -0.2) is 14.6 Å². The predicted octanol–water partition coefficient (Wildman–Crippen LogP) is 3.34. The summed E-state index contributed by atoms with van der Waals surface area (Å²) in [5.74, 6) is -0.295. The molecule has 2 aromatic rings. The van der Waals surface area contributed by atoms with E-state index in [-0.39, 0.29) is 29.6 Å². The number of carbonyl (C=O) groups excluding carboxylic acids is 4. The first-order valence-corrected chi connectivity index (χ1v) is 15.5. The van der Waals surface area contributed by atoms with E-state index in [1.165, 1.54) is 0 Å². The quantitative estimate of drug-likeness (QED) is 0.409. The second-order valence-electron chi connectivity index (χ2n) is 12.9. The summed E-state index contributed by atoms with van der Waals surface area (Å²) in [6.07, 6.45) is 2.53. The van der Waals surface area contributed by atoms with Crippen LogP contribution in [0.15, 0.2) is 18.2 Å². The summed E-state index contributed by atoms with van der Waals surface area (Å²) >= 11 is 0. The Morgan fingerprint density at radius 1 is 1.00 bits per heavy atom. The molecule has 236 valence electrons. The van der Waals surface area contributed by atoms with Crippen LogP contribution in [0.3, 0.4) is 0 Å². The van der Waals surface area contributed by atoms with E-state index in [1.54, 1.807) is 22.0 Å². The third-order valence-electron chi connectivity index (χ3n) is 8.72. The minimum Gasteiger partial charge on any atom is -0.444 e. The number of ketones is 1. The summed E-state index contributed by atoms with van der Waals surface area (Å²) in [6.45, 7) is 9.88. The van der Waals surface area contributed by atoms with Crippen LogP contribution in [0.4, 0.5) is 15.3 Å². The Morgan fingerprint density at radius 2 is 1.75 bits per heavy atom. The Bertz CT molecular complexity index is 1440. The first kappa shape index (κ1) is 30.1. The van der Waals surface area contributed by atoms with Crippen molar-refractivity contribution in [3.63, 3.8) is 0 Å². The van der Waals surface area contributed by atoms with E-state index in [4.69, 9.17) is 9.47 Å². The van der Waals surface area contributed by atoms with Crippen LogP contribution in [0, 0.1) is 5.92 Å². The third kappa shape index (κ3) is 6.16. The van der Waals surface area contributed by atoms with Crippen molar-refractivity contribution in [3.05, 3.63) is 35.0 Å². The molecule has 4 heterocycles. The van der Waals surface area contributed by atoms with Gasteiger partial charge in [0.15, 0.2) is 5.78 Å². The van der Waals surface area contributed by atoms with E-state index < -0.39 is 11.6 Å². The molecule has 4 amide bonds. The number of nitrogens with zero attached hydrogens (tertiary/aromatic N) is 4. The lowest BCUT2D eigenvalue weighted by Crippen LogP contribution is -2.49. The lowest BCUT2D eigenvalue weighted by Gasteiger charge is -2.38. The number of hydrogen-bond donors (Lipinski definition) is 3. The number of aromatic amines is 1. The summed E-state index contributed by atoms with van der Waals surface area (Å²) in [7, 11) is 0. The molecule has 0 radical (unpaired) electrons. The highest BCUT2D eigenvalue weighted by Gasteiger charge is 2.39. The maximum Gasteiger partial charge on any atom is 0.410 e. The van der Waals surface area contributed by atoms with Crippen LogP contribution < -0.4 is 10.7 Å². The zero-order chi connectivity index (χ0) is 31.0. The van der Waals surface area contributed by atoms with Gasteiger partial charge in [0.2, 0.25) is 5.91 Å². The smallest absolute Gasteiger partial charge is 0.410 e. The number of piperidine rings is 2. The number of hydrogen-bond acceptors (Lipinski definition) is 8. The Morgan fingerprint density at radius 3 is 2.48 bits per heavy atom. The molecule has 13 heteroatoms. The van der Waals surface area contributed by atoms with Crippen LogP contribution >= 0.6 is 0 Å². The van der Waals surface area contributed by atoms with Gasteiger partial charge in [-0.05, 0) is 52.5 Å². The first-order valence-electron chi connectivity index (χ1n) is 15.5. The second-order valence-corrected chi connectivity index (χ2v) is 12.9. The maximum absolute atomic E-state index is 13.8. The second kappa shape index (κ2) is 12.2. The van der Waals surface area contributed by atoms with Gasteiger partial charge in [0.25, 0.3) is 0 Å². The Balaban J connectivity index is 1.08. The van der Waals surface area contributed by atoms with Gasteiger partial charge in [0.05, 0.1) is 41.6 Å². The van der Waals surface area contributed by atoms with Crippen LogP contribution in [0.25, 0.3) is 11.3 Å². The van der Waals surface area contributed by atoms with Crippen molar-refractivity contribution in [2.24, 2.45) is 5.92 Å². The molecule has 0 saturated carbocycles. The number of rotatable bonds is 4. The van der Waals surface area contributed by atoms with Gasteiger partial charge in [-0.2, -0.15) is 5.10 Å². The highest BCUT2D eigenvalue weighted by Crippen LogP contribution is 2.43. The van der Waals surface area contributed by atoms with Crippen molar-refractivity contribution in [1.82, 2.24) is 30.4 Å². The highest BCUT2D eigenvalue weighted by molar-refractivity contribution is 6.25. The molecular weight excluding hydrogens is 566 g/mol. The predicted molar refractivity (Wildman–Crippen MR) is 161 cm³/mol. The number of fused-ring (bicyclic) bond motifs is 3. The molecule has 1 aromatic heterocycles. The van der Waals surface area contributed by atoms with Gasteiger partial charge in [-0.1, -0.05) is 12.1 Å². The van der Waals surface area contributed by atoms with Crippen LogP contribution in [0.1, 0.15) is 74.0 Å². The molecule has 1 aromatic carbocycles. The number of ether oxygens (including phenoxy) is 2. The number of morpholine rings is 1. The highest BCUT2D eigenvalue weighted by atomic mass is 16.6. The van der Waals surface area contributed by atoms with Crippen molar-refractivity contribution in [1.29, 1.82) is 0 Å². The zero-order valence-electron chi connectivity index (χ0n) is 25.6. The van der Waals surface area contributed by atoms with Crippen molar-refractivity contribution in [2.75, 3.05) is 57.8 Å². The molecule has 1 aliphatic carbocycles. The number of amides is 4. The van der Waals surface area contributed by atoms with Crippen molar-refractivity contribution < 1.29 is 28.7 Å². The number of hydrazine groups is 1. The molecule has 13 nitrogen and oxygen atoms in total. The molecular formula is C31H41N7O6. The van der Waals surface area contributed by atoms with Gasteiger partial charge in [-0.15, -0.1) is 0 Å². The molecule has 0 bridgehead atoms. The van der Waals surface area contributed by atoms with Gasteiger partial charge in [0, 0.05) is 50.7 Å². The zero-order valence-corrected chi connectivity index (χ0v) is 25.6. The number of urea groups is 1. The van der Waals surface area contributed by atoms with E-state index in [1.807, 2.05) is 31.7 Å². The summed E-state index contributed by atoms with van der Waals surface area (Å²) in [6, 6.07) is 4.97. The Labute approximate surface area is 256 Å². The maximum atomic E-state index is 13.8. The number of benzene rings is 1. The number of H-pyrrole nitrogens is 1. The molecule has 6 rings (SSSR count). The van der Waals surface area contributed by atoms with E-state index in [9.17, 15) is 19.2 Å². The van der Waals surface area contributed by atoms with Crippen LogP contribution in [-0.4, -0.2) is 107 Å². The fraction of sp³-hybridized carbons (Fsp3) is 0.581. The standard InChI is InChI=1S/C31H41N7O6/c1-31(2,3)44-30(42)37-11-5-6-20(18-37)28(40)36-12-9-19(10-13-36)25-24-26(34-33-25)21-7-4-8-22(23(21)27(24)39)32-29(41)35-38-14-16-43-17-15-38/h4,7-8,19-20H,5-6,9-18H2,1-3H3,(H,33,34)(H2,32,35,41).